The fraction of sp³-hybridized carbons (Fsp3) is 0.136. The second-order valence-corrected chi connectivity index (χ2v) is 9.78. The van der Waals surface area contributed by atoms with Crippen LogP contribution in [-0.2, 0) is 14.8 Å². The Bertz CT molecular complexity index is 1110. The zero-order chi connectivity index (χ0) is 21.0. The van der Waals surface area contributed by atoms with E-state index in [4.69, 9.17) is 0 Å². The van der Waals surface area contributed by atoms with Crippen LogP contribution in [0.1, 0.15) is 11.1 Å². The van der Waals surface area contributed by atoms with Crippen molar-refractivity contribution in [3.63, 3.8) is 0 Å². The van der Waals surface area contributed by atoms with Crippen molar-refractivity contribution in [1.29, 1.82) is 0 Å². The summed E-state index contributed by atoms with van der Waals surface area (Å²) in [5.74, 6) is -0.406. The first-order valence-electron chi connectivity index (χ1n) is 8.98. The molecule has 3 aromatic rings. The Morgan fingerprint density at radius 3 is 2.28 bits per heavy atom. The highest BCUT2D eigenvalue weighted by molar-refractivity contribution is 14.1. The molecule has 0 bridgehead atoms. The summed E-state index contributed by atoms with van der Waals surface area (Å²) in [6.07, 6.45) is 0. The van der Waals surface area contributed by atoms with Gasteiger partial charge in [0.05, 0.1) is 10.6 Å². The molecule has 7 heteroatoms. The summed E-state index contributed by atoms with van der Waals surface area (Å²) in [5, 5.41) is 2.84. The molecule has 0 saturated heterocycles. The first-order valence-corrected chi connectivity index (χ1v) is 11.5. The van der Waals surface area contributed by atoms with Crippen molar-refractivity contribution < 1.29 is 13.2 Å². The Kier molecular flexibility index (Phi) is 6.59. The maximum absolute atomic E-state index is 13.3. The molecule has 0 aliphatic heterocycles. The van der Waals surface area contributed by atoms with Crippen LogP contribution in [0.15, 0.2) is 77.7 Å². The molecule has 0 spiro atoms. The van der Waals surface area contributed by atoms with E-state index in [0.29, 0.717) is 11.4 Å². The molecule has 0 radical (unpaired) electrons. The quantitative estimate of drug-likeness (QED) is 0.478. The summed E-state index contributed by atoms with van der Waals surface area (Å²) in [6.45, 7) is 3.50. The van der Waals surface area contributed by atoms with Crippen LogP contribution in [0.25, 0.3) is 0 Å². The molecule has 3 rings (SSSR count). The molecule has 5 nitrogen and oxygen atoms in total. The lowest BCUT2D eigenvalue weighted by Crippen LogP contribution is -2.38. The van der Waals surface area contributed by atoms with E-state index in [0.717, 1.165) is 19.0 Å². The molecule has 0 aliphatic rings. The molecule has 29 heavy (non-hydrogen) atoms. The molecule has 0 saturated carbocycles. The topological polar surface area (TPSA) is 66.5 Å². The number of rotatable bonds is 6. The predicted octanol–water partition coefficient (Wildman–Crippen LogP) is 4.74. The van der Waals surface area contributed by atoms with Crippen molar-refractivity contribution in [2.45, 2.75) is 18.7 Å². The third-order valence-electron chi connectivity index (χ3n) is 4.40. The van der Waals surface area contributed by atoms with E-state index >= 15 is 0 Å². The monoisotopic (exact) mass is 520 g/mol. The third-order valence-corrected chi connectivity index (χ3v) is 6.91. The zero-order valence-corrected chi connectivity index (χ0v) is 19.1. The minimum absolute atomic E-state index is 0.137. The Morgan fingerprint density at radius 1 is 0.966 bits per heavy atom. The number of carbonyl (C=O) groups excluding carboxylic acids is 1. The number of hydrogen-bond acceptors (Lipinski definition) is 3. The second kappa shape index (κ2) is 8.96. The van der Waals surface area contributed by atoms with Gasteiger partial charge in [0.25, 0.3) is 10.0 Å². The van der Waals surface area contributed by atoms with Gasteiger partial charge in [0, 0.05) is 9.26 Å². The molecule has 0 aromatic heterocycles. The van der Waals surface area contributed by atoms with Crippen LogP contribution in [-0.4, -0.2) is 20.9 Å². The number of nitrogens with one attached hydrogen (secondary N) is 1. The van der Waals surface area contributed by atoms with Crippen LogP contribution >= 0.6 is 22.6 Å². The summed E-state index contributed by atoms with van der Waals surface area (Å²) < 4.78 is 28.7. The summed E-state index contributed by atoms with van der Waals surface area (Å²) in [4.78, 5) is 12.9. The van der Waals surface area contributed by atoms with Gasteiger partial charge in [-0.2, -0.15) is 0 Å². The van der Waals surface area contributed by atoms with Crippen LogP contribution < -0.4 is 9.62 Å². The lowest BCUT2D eigenvalue weighted by Gasteiger charge is -2.24. The Morgan fingerprint density at radius 2 is 1.62 bits per heavy atom. The number of anilines is 2. The van der Waals surface area contributed by atoms with Crippen LogP contribution in [0.2, 0.25) is 0 Å². The van der Waals surface area contributed by atoms with E-state index in [1.165, 1.54) is 12.1 Å². The van der Waals surface area contributed by atoms with Gasteiger partial charge in [-0.15, -0.1) is 0 Å². The number of nitrogens with zero attached hydrogens (tertiary/aromatic N) is 1. The summed E-state index contributed by atoms with van der Waals surface area (Å²) in [7, 11) is -3.90. The van der Waals surface area contributed by atoms with E-state index in [9.17, 15) is 13.2 Å². The molecule has 1 N–H and O–H groups in total. The zero-order valence-electron chi connectivity index (χ0n) is 16.1. The molecule has 0 fully saturated rings. The Hall–Kier alpha value is -2.39. The predicted molar refractivity (Wildman–Crippen MR) is 125 cm³/mol. The van der Waals surface area contributed by atoms with Gasteiger partial charge in [-0.25, -0.2) is 8.42 Å². The Balaban J connectivity index is 1.94. The number of carbonyl (C=O) groups is 1. The van der Waals surface area contributed by atoms with Crippen molar-refractivity contribution in [2.75, 3.05) is 16.2 Å². The highest BCUT2D eigenvalue weighted by atomic mass is 127. The number of hydrogen-bond donors (Lipinski definition) is 1. The SMILES string of the molecule is Cc1ccc(C)c(NC(=O)CN(c2ccc(I)cc2)S(=O)(=O)c2ccccc2)c1. The Labute approximate surface area is 184 Å². The molecular weight excluding hydrogens is 499 g/mol. The number of benzene rings is 3. The van der Waals surface area contributed by atoms with Gasteiger partial charge in [0.1, 0.15) is 6.54 Å². The second-order valence-electron chi connectivity index (χ2n) is 6.67. The van der Waals surface area contributed by atoms with Gasteiger partial charge in [-0.05, 0) is 90.0 Å². The van der Waals surface area contributed by atoms with Crippen LogP contribution in [0, 0.1) is 17.4 Å². The van der Waals surface area contributed by atoms with Gasteiger partial charge in [0.2, 0.25) is 5.91 Å². The van der Waals surface area contributed by atoms with Gasteiger partial charge in [-0.3, -0.25) is 9.10 Å². The van der Waals surface area contributed by atoms with Crippen molar-refractivity contribution >= 4 is 49.9 Å². The van der Waals surface area contributed by atoms with Gasteiger partial charge >= 0.3 is 0 Å². The molecule has 0 atom stereocenters. The first kappa shape index (κ1) is 21.3. The van der Waals surface area contributed by atoms with E-state index in [-0.39, 0.29) is 11.4 Å². The van der Waals surface area contributed by atoms with E-state index < -0.39 is 15.9 Å². The maximum atomic E-state index is 13.3. The lowest BCUT2D eigenvalue weighted by atomic mass is 10.1. The maximum Gasteiger partial charge on any atom is 0.264 e. The molecule has 3 aromatic carbocycles. The largest absolute Gasteiger partial charge is 0.324 e. The van der Waals surface area contributed by atoms with Crippen molar-refractivity contribution in [3.05, 3.63) is 87.5 Å². The number of amides is 1. The molecule has 1 amide bonds. The molecular formula is C22H21IN2O3S. The van der Waals surface area contributed by atoms with Gasteiger partial charge < -0.3 is 5.32 Å². The molecule has 0 heterocycles. The van der Waals surface area contributed by atoms with Crippen LogP contribution in [0.5, 0.6) is 0 Å². The van der Waals surface area contributed by atoms with Gasteiger partial charge in [0.15, 0.2) is 0 Å². The van der Waals surface area contributed by atoms with Crippen LogP contribution in [0.3, 0.4) is 0 Å². The smallest absolute Gasteiger partial charge is 0.264 e. The number of sulfonamides is 1. The minimum Gasteiger partial charge on any atom is -0.324 e. The van der Waals surface area contributed by atoms with Crippen molar-refractivity contribution in [3.8, 4) is 0 Å². The molecule has 0 aliphatic carbocycles. The van der Waals surface area contributed by atoms with Crippen LogP contribution in [0.4, 0.5) is 11.4 Å². The van der Waals surface area contributed by atoms with E-state index in [2.05, 4.69) is 27.9 Å². The third kappa shape index (κ3) is 5.16. The average Bonchev–Trinajstić information content (AvgIpc) is 2.70. The first-order chi connectivity index (χ1) is 13.8. The number of aryl methyl sites for hydroxylation is 2. The van der Waals surface area contributed by atoms with E-state index in [1.54, 1.807) is 30.3 Å². The van der Waals surface area contributed by atoms with E-state index in [1.807, 2.05) is 44.2 Å². The highest BCUT2D eigenvalue weighted by Gasteiger charge is 2.27. The lowest BCUT2D eigenvalue weighted by molar-refractivity contribution is -0.114. The normalized spacial score (nSPS) is 11.1. The summed E-state index contributed by atoms with van der Waals surface area (Å²) in [6, 6.07) is 20.9. The minimum atomic E-state index is -3.90. The van der Waals surface area contributed by atoms with Gasteiger partial charge in [-0.1, -0.05) is 30.3 Å². The highest BCUT2D eigenvalue weighted by Crippen LogP contribution is 2.25. The summed E-state index contributed by atoms with van der Waals surface area (Å²) >= 11 is 2.15. The fourth-order valence-electron chi connectivity index (χ4n) is 2.83. The average molecular weight is 520 g/mol. The fourth-order valence-corrected chi connectivity index (χ4v) is 4.63. The van der Waals surface area contributed by atoms with Crippen molar-refractivity contribution in [1.82, 2.24) is 0 Å². The summed E-state index contributed by atoms with van der Waals surface area (Å²) in [5.41, 5.74) is 3.04. The number of halogens is 1. The molecule has 150 valence electrons. The molecule has 0 unspecified atom stereocenters. The standard InChI is InChI=1S/C22H21IN2O3S/c1-16-8-9-17(2)21(14-16)24-22(26)15-25(19-12-10-18(23)11-13-19)29(27,28)20-6-4-3-5-7-20/h3-14H,15H2,1-2H3,(H,24,26). The van der Waals surface area contributed by atoms with Crippen molar-refractivity contribution in [2.24, 2.45) is 0 Å².